The lowest BCUT2D eigenvalue weighted by Crippen LogP contribution is -2.30. The Hall–Kier alpha value is -1.95. The van der Waals surface area contributed by atoms with Crippen molar-refractivity contribution in [3.8, 4) is 11.3 Å². The van der Waals surface area contributed by atoms with Crippen LogP contribution in [0.3, 0.4) is 0 Å². The van der Waals surface area contributed by atoms with Crippen LogP contribution in [0.1, 0.15) is 6.04 Å². The third-order valence-corrected chi connectivity index (χ3v) is 2.72. The second kappa shape index (κ2) is 3.81. The summed E-state index contributed by atoms with van der Waals surface area (Å²) < 4.78 is 20.0. The summed E-state index contributed by atoms with van der Waals surface area (Å²) in [5.41, 5.74) is 7.21. The van der Waals surface area contributed by atoms with E-state index in [0.29, 0.717) is 30.2 Å². The van der Waals surface area contributed by atoms with Gasteiger partial charge in [-0.05, 0) is 18.2 Å². The first-order valence-electron chi connectivity index (χ1n) is 5.28. The third kappa shape index (κ3) is 1.87. The molecule has 0 aliphatic carbocycles. The maximum atomic E-state index is 13.2. The average molecular weight is 234 g/mol. The van der Waals surface area contributed by atoms with Crippen LogP contribution in [0.15, 0.2) is 24.4 Å². The zero-order valence-electron chi connectivity index (χ0n) is 9.01. The number of anilines is 1. The molecule has 2 heterocycles. The second-order valence-electron chi connectivity index (χ2n) is 4.05. The lowest BCUT2D eigenvalue weighted by atomic mass is 10.1. The van der Waals surface area contributed by atoms with Gasteiger partial charge in [-0.15, -0.1) is 5.10 Å². The van der Waals surface area contributed by atoms with Crippen LogP contribution < -0.4 is 5.73 Å². The first-order valence-corrected chi connectivity index (χ1v) is 5.28. The summed E-state index contributed by atoms with van der Waals surface area (Å²) in [5.74, 6) is -0.374. The first-order chi connectivity index (χ1) is 8.22. The van der Waals surface area contributed by atoms with E-state index in [2.05, 4.69) is 10.3 Å². The van der Waals surface area contributed by atoms with Gasteiger partial charge in [-0.1, -0.05) is 5.21 Å². The van der Waals surface area contributed by atoms with E-state index in [-0.39, 0.29) is 11.9 Å². The van der Waals surface area contributed by atoms with Crippen LogP contribution in [-0.2, 0) is 4.74 Å². The first kappa shape index (κ1) is 10.2. The van der Waals surface area contributed by atoms with Gasteiger partial charge >= 0.3 is 0 Å². The summed E-state index contributed by atoms with van der Waals surface area (Å²) in [4.78, 5) is 0. The fourth-order valence-corrected chi connectivity index (χ4v) is 1.72. The zero-order valence-corrected chi connectivity index (χ0v) is 9.01. The molecule has 0 unspecified atom stereocenters. The van der Waals surface area contributed by atoms with Crippen LogP contribution in [0.2, 0.25) is 0 Å². The molecule has 0 atom stereocenters. The summed E-state index contributed by atoms with van der Waals surface area (Å²) in [6, 6.07) is 4.58. The molecule has 1 aliphatic rings. The predicted molar refractivity (Wildman–Crippen MR) is 59.7 cm³/mol. The molecular weight excluding hydrogens is 223 g/mol. The van der Waals surface area contributed by atoms with Gasteiger partial charge in [0.1, 0.15) is 17.6 Å². The van der Waals surface area contributed by atoms with Crippen molar-refractivity contribution >= 4 is 5.69 Å². The molecule has 5 nitrogen and oxygen atoms in total. The van der Waals surface area contributed by atoms with Gasteiger partial charge in [-0.3, -0.25) is 0 Å². The SMILES string of the molecule is Nc1cc(F)cc(-c2cn(C3COC3)nn2)c1. The highest BCUT2D eigenvalue weighted by Gasteiger charge is 2.22. The van der Waals surface area contributed by atoms with Gasteiger partial charge in [0.25, 0.3) is 0 Å². The quantitative estimate of drug-likeness (QED) is 0.794. The molecule has 0 radical (unpaired) electrons. The van der Waals surface area contributed by atoms with Gasteiger partial charge in [0, 0.05) is 11.3 Å². The lowest BCUT2D eigenvalue weighted by molar-refractivity contribution is -0.0293. The van der Waals surface area contributed by atoms with Crippen molar-refractivity contribution in [1.29, 1.82) is 0 Å². The largest absolute Gasteiger partial charge is 0.399 e. The van der Waals surface area contributed by atoms with Crippen molar-refractivity contribution < 1.29 is 9.13 Å². The topological polar surface area (TPSA) is 66.0 Å². The molecule has 2 N–H and O–H groups in total. The van der Waals surface area contributed by atoms with E-state index in [1.165, 1.54) is 12.1 Å². The van der Waals surface area contributed by atoms with Gasteiger partial charge in [0.05, 0.1) is 19.4 Å². The molecule has 6 heteroatoms. The maximum Gasteiger partial charge on any atom is 0.125 e. The standard InChI is InChI=1S/C11H11FN4O/c12-8-1-7(2-9(13)3-8)11-4-16(15-14-11)10-5-17-6-10/h1-4,10H,5-6,13H2. The van der Waals surface area contributed by atoms with Crippen molar-refractivity contribution in [2.24, 2.45) is 0 Å². The number of aromatic nitrogens is 3. The molecule has 0 saturated carbocycles. The molecule has 0 spiro atoms. The van der Waals surface area contributed by atoms with Gasteiger partial charge in [-0.25, -0.2) is 9.07 Å². The monoisotopic (exact) mass is 234 g/mol. The van der Waals surface area contributed by atoms with E-state index in [9.17, 15) is 4.39 Å². The minimum Gasteiger partial charge on any atom is -0.399 e. The Morgan fingerprint density at radius 1 is 1.35 bits per heavy atom. The molecule has 2 aromatic rings. The van der Waals surface area contributed by atoms with Crippen LogP contribution in [0.25, 0.3) is 11.3 Å². The van der Waals surface area contributed by atoms with Gasteiger partial charge in [0.2, 0.25) is 0 Å². The van der Waals surface area contributed by atoms with E-state index in [1.807, 2.05) is 0 Å². The number of nitrogens with zero attached hydrogens (tertiary/aromatic N) is 3. The van der Waals surface area contributed by atoms with Crippen LogP contribution >= 0.6 is 0 Å². The van der Waals surface area contributed by atoms with E-state index in [1.54, 1.807) is 16.9 Å². The molecule has 1 saturated heterocycles. The van der Waals surface area contributed by atoms with Crippen LogP contribution in [0, 0.1) is 5.82 Å². The van der Waals surface area contributed by atoms with E-state index in [0.717, 1.165) is 0 Å². The number of nitrogen functional groups attached to an aromatic ring is 1. The molecule has 3 rings (SSSR count). The smallest absolute Gasteiger partial charge is 0.125 e. The highest BCUT2D eigenvalue weighted by atomic mass is 19.1. The lowest BCUT2D eigenvalue weighted by Gasteiger charge is -2.25. The number of rotatable bonds is 2. The highest BCUT2D eigenvalue weighted by molar-refractivity contribution is 5.63. The number of hydrogen-bond acceptors (Lipinski definition) is 4. The van der Waals surface area contributed by atoms with E-state index in [4.69, 9.17) is 10.5 Å². The number of benzene rings is 1. The molecular formula is C11H11FN4O. The molecule has 17 heavy (non-hydrogen) atoms. The Morgan fingerprint density at radius 3 is 2.82 bits per heavy atom. The molecule has 0 amide bonds. The minimum absolute atomic E-state index is 0.238. The van der Waals surface area contributed by atoms with Gasteiger partial charge in [0.15, 0.2) is 0 Å². The Morgan fingerprint density at radius 2 is 2.18 bits per heavy atom. The summed E-state index contributed by atoms with van der Waals surface area (Å²) in [6.45, 7) is 1.29. The van der Waals surface area contributed by atoms with Crippen LogP contribution in [-0.4, -0.2) is 28.2 Å². The van der Waals surface area contributed by atoms with E-state index < -0.39 is 0 Å². The summed E-state index contributed by atoms with van der Waals surface area (Å²) in [7, 11) is 0. The minimum atomic E-state index is -0.374. The fourth-order valence-electron chi connectivity index (χ4n) is 1.72. The highest BCUT2D eigenvalue weighted by Crippen LogP contribution is 2.23. The van der Waals surface area contributed by atoms with E-state index >= 15 is 0 Å². The average Bonchev–Trinajstić information content (AvgIpc) is 2.62. The Balaban J connectivity index is 1.94. The van der Waals surface area contributed by atoms with Crippen molar-refractivity contribution in [3.05, 3.63) is 30.2 Å². The third-order valence-electron chi connectivity index (χ3n) is 2.72. The maximum absolute atomic E-state index is 13.2. The van der Waals surface area contributed by atoms with Crippen molar-refractivity contribution in [3.63, 3.8) is 0 Å². The number of halogens is 1. The van der Waals surface area contributed by atoms with Crippen LogP contribution in [0.5, 0.6) is 0 Å². The summed E-state index contributed by atoms with van der Waals surface area (Å²) in [5, 5.41) is 8.00. The van der Waals surface area contributed by atoms with Crippen LogP contribution in [0.4, 0.5) is 10.1 Å². The molecule has 1 aliphatic heterocycles. The number of hydrogen-bond donors (Lipinski definition) is 1. The fraction of sp³-hybridized carbons (Fsp3) is 0.273. The molecule has 1 aromatic heterocycles. The second-order valence-corrected chi connectivity index (χ2v) is 4.05. The van der Waals surface area contributed by atoms with Gasteiger partial charge in [-0.2, -0.15) is 0 Å². The van der Waals surface area contributed by atoms with Crippen molar-refractivity contribution in [2.45, 2.75) is 6.04 Å². The zero-order chi connectivity index (χ0) is 11.8. The molecule has 1 fully saturated rings. The summed E-state index contributed by atoms with van der Waals surface area (Å²) in [6.07, 6.45) is 1.78. The Bertz CT molecular complexity index is 530. The number of nitrogens with two attached hydrogens (primary N) is 1. The summed E-state index contributed by atoms with van der Waals surface area (Å²) >= 11 is 0. The molecule has 0 bridgehead atoms. The van der Waals surface area contributed by atoms with Crippen molar-refractivity contribution in [1.82, 2.24) is 15.0 Å². The predicted octanol–water partition coefficient (Wildman–Crippen LogP) is 1.24. The molecule has 1 aromatic carbocycles. The normalized spacial score (nSPS) is 15.8. The Labute approximate surface area is 97.0 Å². The van der Waals surface area contributed by atoms with Crippen molar-refractivity contribution in [2.75, 3.05) is 18.9 Å². The number of ether oxygens (including phenoxy) is 1. The Kier molecular flexibility index (Phi) is 2.29. The van der Waals surface area contributed by atoms with Gasteiger partial charge < -0.3 is 10.5 Å². The molecule has 88 valence electrons.